The lowest BCUT2D eigenvalue weighted by atomic mass is 9.85. The number of carbonyl (C=O) groups excluding carboxylic acids is 2. The summed E-state index contributed by atoms with van der Waals surface area (Å²) in [6.45, 7) is 3.65. The lowest BCUT2D eigenvalue weighted by molar-refractivity contribution is -0.132. The first kappa shape index (κ1) is 20.4. The Labute approximate surface area is 173 Å². The predicted octanol–water partition coefficient (Wildman–Crippen LogP) is 2.13. The Morgan fingerprint density at radius 3 is 2.28 bits per heavy atom. The highest BCUT2D eigenvalue weighted by atomic mass is 16.3. The first-order valence-corrected chi connectivity index (χ1v) is 11.2. The summed E-state index contributed by atoms with van der Waals surface area (Å²) in [7, 11) is 0. The summed E-state index contributed by atoms with van der Waals surface area (Å²) in [4.78, 5) is 32.2. The number of hydrogen-bond donors (Lipinski definition) is 1. The van der Waals surface area contributed by atoms with Crippen LogP contribution in [-0.2, 0) is 4.79 Å². The second-order valence-electron chi connectivity index (χ2n) is 8.69. The minimum absolute atomic E-state index is 0.00211. The predicted molar refractivity (Wildman–Crippen MR) is 112 cm³/mol. The highest BCUT2D eigenvalue weighted by molar-refractivity contribution is 5.96. The molecule has 2 amide bonds. The second kappa shape index (κ2) is 9.26. The molecule has 1 saturated carbocycles. The Hall–Kier alpha value is -1.92. The Morgan fingerprint density at radius 1 is 0.931 bits per heavy atom. The average molecular weight is 400 g/mol. The number of rotatable bonds is 5. The van der Waals surface area contributed by atoms with Crippen LogP contribution < -0.4 is 0 Å². The van der Waals surface area contributed by atoms with E-state index in [1.807, 2.05) is 23.1 Å². The van der Waals surface area contributed by atoms with E-state index in [4.69, 9.17) is 0 Å². The molecule has 0 aromatic heterocycles. The van der Waals surface area contributed by atoms with Crippen LogP contribution in [0, 0.1) is 0 Å². The summed E-state index contributed by atoms with van der Waals surface area (Å²) in [6, 6.07) is 8.94. The summed E-state index contributed by atoms with van der Waals surface area (Å²) < 4.78 is 0. The van der Waals surface area contributed by atoms with Crippen molar-refractivity contribution in [3.63, 3.8) is 0 Å². The summed E-state index contributed by atoms with van der Waals surface area (Å²) in [5.41, 5.74) is 0.581. The number of amides is 2. The topological polar surface area (TPSA) is 64.1 Å². The number of carbonyl (C=O) groups is 2. The van der Waals surface area contributed by atoms with Crippen molar-refractivity contribution in [2.75, 3.05) is 32.7 Å². The van der Waals surface area contributed by atoms with Crippen LogP contribution in [0.4, 0.5) is 0 Å². The number of nitrogens with zero attached hydrogens (tertiary/aromatic N) is 3. The molecule has 0 bridgehead atoms. The average Bonchev–Trinajstić information content (AvgIpc) is 3.47. The van der Waals surface area contributed by atoms with E-state index in [1.165, 1.54) is 12.8 Å². The smallest absolute Gasteiger partial charge is 0.254 e. The van der Waals surface area contributed by atoms with Crippen molar-refractivity contribution in [1.29, 1.82) is 0 Å². The zero-order valence-corrected chi connectivity index (χ0v) is 17.2. The van der Waals surface area contributed by atoms with Crippen molar-refractivity contribution in [2.24, 2.45) is 0 Å². The number of benzene rings is 1. The van der Waals surface area contributed by atoms with Gasteiger partial charge in [-0.05, 0) is 70.2 Å². The molecule has 29 heavy (non-hydrogen) atoms. The lowest BCUT2D eigenvalue weighted by Gasteiger charge is -2.44. The summed E-state index contributed by atoms with van der Waals surface area (Å²) >= 11 is 0. The molecule has 6 heteroatoms. The molecular formula is C23H33N3O3. The quantitative estimate of drug-likeness (QED) is 0.824. The van der Waals surface area contributed by atoms with Gasteiger partial charge in [-0.15, -0.1) is 0 Å². The van der Waals surface area contributed by atoms with E-state index in [9.17, 15) is 14.7 Å². The van der Waals surface area contributed by atoms with Crippen LogP contribution in [0.1, 0.15) is 55.3 Å². The lowest BCUT2D eigenvalue weighted by Crippen LogP contribution is -2.59. The molecule has 0 radical (unpaired) electrons. The number of aliphatic hydroxyl groups excluding tert-OH is 1. The van der Waals surface area contributed by atoms with Gasteiger partial charge in [0, 0.05) is 24.7 Å². The highest BCUT2D eigenvalue weighted by Gasteiger charge is 2.41. The molecule has 2 saturated heterocycles. The SMILES string of the molecule is O=C(CN(C(=O)c1ccccc1)C1CCCC(N2CCCC2)C1O)N1CCCC1. The van der Waals surface area contributed by atoms with E-state index in [1.54, 1.807) is 17.0 Å². The van der Waals surface area contributed by atoms with E-state index < -0.39 is 6.10 Å². The Bertz CT molecular complexity index is 699. The molecule has 2 heterocycles. The fraction of sp³-hybridized carbons (Fsp3) is 0.652. The molecule has 3 aliphatic rings. The van der Waals surface area contributed by atoms with Crippen LogP contribution in [0.25, 0.3) is 0 Å². The van der Waals surface area contributed by atoms with Crippen LogP contribution >= 0.6 is 0 Å². The third kappa shape index (κ3) is 4.48. The molecule has 2 aliphatic heterocycles. The van der Waals surface area contributed by atoms with Gasteiger partial charge in [0.15, 0.2) is 0 Å². The maximum atomic E-state index is 13.4. The van der Waals surface area contributed by atoms with E-state index in [0.29, 0.717) is 5.56 Å². The molecule has 1 aromatic carbocycles. The van der Waals surface area contributed by atoms with E-state index in [-0.39, 0.29) is 30.4 Å². The van der Waals surface area contributed by atoms with Crippen molar-refractivity contribution < 1.29 is 14.7 Å². The number of likely N-dealkylation sites (tertiary alicyclic amines) is 2. The van der Waals surface area contributed by atoms with Crippen molar-refractivity contribution in [3.05, 3.63) is 35.9 Å². The molecule has 4 rings (SSSR count). The normalized spacial score (nSPS) is 27.9. The van der Waals surface area contributed by atoms with Gasteiger partial charge < -0.3 is 14.9 Å². The third-order valence-corrected chi connectivity index (χ3v) is 6.84. The van der Waals surface area contributed by atoms with Crippen LogP contribution in [0.15, 0.2) is 30.3 Å². The Kier molecular flexibility index (Phi) is 6.50. The molecule has 1 aromatic rings. The summed E-state index contributed by atoms with van der Waals surface area (Å²) in [5.74, 6) is -0.147. The van der Waals surface area contributed by atoms with Crippen molar-refractivity contribution >= 4 is 11.8 Å². The molecule has 6 nitrogen and oxygen atoms in total. The Morgan fingerprint density at radius 2 is 1.59 bits per heavy atom. The molecule has 0 spiro atoms. The van der Waals surface area contributed by atoms with Gasteiger partial charge in [0.2, 0.25) is 5.91 Å². The molecule has 3 unspecified atom stereocenters. The maximum Gasteiger partial charge on any atom is 0.254 e. The Balaban J connectivity index is 1.56. The third-order valence-electron chi connectivity index (χ3n) is 6.84. The van der Waals surface area contributed by atoms with Crippen LogP contribution in [0.3, 0.4) is 0 Å². The fourth-order valence-corrected chi connectivity index (χ4v) is 5.24. The maximum absolute atomic E-state index is 13.4. The zero-order valence-electron chi connectivity index (χ0n) is 17.2. The standard InChI is InChI=1S/C23H33N3O3/c27-21(25-15-6-7-16-25)17-26(23(29)18-9-2-1-3-10-18)20-12-8-11-19(22(20)28)24-13-4-5-14-24/h1-3,9-10,19-20,22,28H,4-8,11-17H2. The second-order valence-corrected chi connectivity index (χ2v) is 8.69. The van der Waals surface area contributed by atoms with Gasteiger partial charge in [-0.2, -0.15) is 0 Å². The molecule has 1 aliphatic carbocycles. The first-order chi connectivity index (χ1) is 14.1. The minimum atomic E-state index is -0.610. The van der Waals surface area contributed by atoms with Gasteiger partial charge in [0.05, 0.1) is 12.1 Å². The van der Waals surface area contributed by atoms with Gasteiger partial charge >= 0.3 is 0 Å². The zero-order chi connectivity index (χ0) is 20.2. The fourth-order valence-electron chi connectivity index (χ4n) is 5.24. The summed E-state index contributed by atoms with van der Waals surface area (Å²) in [5, 5.41) is 11.3. The monoisotopic (exact) mass is 399 g/mol. The molecule has 3 atom stereocenters. The number of aliphatic hydroxyl groups is 1. The van der Waals surface area contributed by atoms with Gasteiger partial charge in [-0.1, -0.05) is 18.2 Å². The first-order valence-electron chi connectivity index (χ1n) is 11.2. The van der Waals surface area contributed by atoms with E-state index >= 15 is 0 Å². The van der Waals surface area contributed by atoms with E-state index in [0.717, 1.165) is 58.3 Å². The van der Waals surface area contributed by atoms with Crippen LogP contribution in [0.5, 0.6) is 0 Å². The van der Waals surface area contributed by atoms with Crippen LogP contribution in [-0.4, -0.2) is 82.5 Å². The van der Waals surface area contributed by atoms with Gasteiger partial charge in [-0.3, -0.25) is 14.5 Å². The van der Waals surface area contributed by atoms with Crippen LogP contribution in [0.2, 0.25) is 0 Å². The summed E-state index contributed by atoms with van der Waals surface area (Å²) in [6.07, 6.45) is 6.48. The molecule has 1 N–H and O–H groups in total. The highest BCUT2D eigenvalue weighted by Crippen LogP contribution is 2.30. The van der Waals surface area contributed by atoms with Gasteiger partial charge in [0.25, 0.3) is 5.91 Å². The van der Waals surface area contributed by atoms with Gasteiger partial charge in [-0.25, -0.2) is 0 Å². The molecular weight excluding hydrogens is 366 g/mol. The number of hydrogen-bond acceptors (Lipinski definition) is 4. The van der Waals surface area contributed by atoms with Crippen molar-refractivity contribution in [3.8, 4) is 0 Å². The van der Waals surface area contributed by atoms with Crippen molar-refractivity contribution in [1.82, 2.24) is 14.7 Å². The molecule has 158 valence electrons. The van der Waals surface area contributed by atoms with Crippen molar-refractivity contribution in [2.45, 2.75) is 63.1 Å². The van der Waals surface area contributed by atoms with E-state index in [2.05, 4.69) is 4.90 Å². The largest absolute Gasteiger partial charge is 0.389 e. The van der Waals surface area contributed by atoms with Gasteiger partial charge in [0.1, 0.15) is 6.54 Å². The minimum Gasteiger partial charge on any atom is -0.389 e. The molecule has 3 fully saturated rings.